The Hall–Kier alpha value is -1.81. The zero-order valence-corrected chi connectivity index (χ0v) is 11.1. The van der Waals surface area contributed by atoms with Crippen LogP contribution < -0.4 is 5.32 Å². The summed E-state index contributed by atoms with van der Waals surface area (Å²) < 4.78 is 5.28. The fourth-order valence-electron chi connectivity index (χ4n) is 2.35. The molecule has 4 heteroatoms. The summed E-state index contributed by atoms with van der Waals surface area (Å²) in [4.78, 5) is 0. The van der Waals surface area contributed by atoms with Crippen molar-refractivity contribution in [1.82, 2.24) is 10.2 Å². The smallest absolute Gasteiger partial charge is 0.0666 e. The van der Waals surface area contributed by atoms with Gasteiger partial charge in [0.1, 0.15) is 0 Å². The number of rotatable bonds is 6. The number of methoxy groups -OCH3 is 1. The normalized spacial score (nSPS) is 16.3. The fourth-order valence-corrected chi connectivity index (χ4v) is 2.35. The summed E-state index contributed by atoms with van der Waals surface area (Å²) in [6.07, 6.45) is 4.39. The lowest BCUT2D eigenvalue weighted by molar-refractivity contribution is 0.179. The molecule has 2 aromatic rings. The van der Waals surface area contributed by atoms with E-state index < -0.39 is 0 Å². The SMILES string of the molecule is COCC(Nc1ccc(-c2ccn[nH]2)cc1)C1CC1. The number of aromatic amines is 1. The van der Waals surface area contributed by atoms with Gasteiger partial charge in [-0.05, 0) is 42.5 Å². The molecule has 1 heterocycles. The molecule has 19 heavy (non-hydrogen) atoms. The van der Waals surface area contributed by atoms with E-state index in [4.69, 9.17) is 4.74 Å². The highest BCUT2D eigenvalue weighted by atomic mass is 16.5. The van der Waals surface area contributed by atoms with Gasteiger partial charge in [0.15, 0.2) is 0 Å². The van der Waals surface area contributed by atoms with E-state index in [9.17, 15) is 0 Å². The van der Waals surface area contributed by atoms with Gasteiger partial charge in [-0.1, -0.05) is 12.1 Å². The molecule has 1 aromatic carbocycles. The molecule has 1 aliphatic rings. The summed E-state index contributed by atoms with van der Waals surface area (Å²) in [6, 6.07) is 10.8. The van der Waals surface area contributed by atoms with Gasteiger partial charge in [0.2, 0.25) is 0 Å². The molecule has 1 fully saturated rings. The van der Waals surface area contributed by atoms with Gasteiger partial charge in [-0.2, -0.15) is 5.10 Å². The molecule has 0 spiro atoms. The molecule has 100 valence electrons. The van der Waals surface area contributed by atoms with Crippen LogP contribution in [0, 0.1) is 5.92 Å². The lowest BCUT2D eigenvalue weighted by atomic mass is 10.1. The van der Waals surface area contributed by atoms with E-state index in [1.807, 2.05) is 6.07 Å². The average molecular weight is 257 g/mol. The van der Waals surface area contributed by atoms with Crippen molar-refractivity contribution in [3.63, 3.8) is 0 Å². The number of benzene rings is 1. The van der Waals surface area contributed by atoms with E-state index in [1.54, 1.807) is 13.3 Å². The largest absolute Gasteiger partial charge is 0.383 e. The molecule has 1 atom stereocenters. The number of nitrogens with one attached hydrogen (secondary N) is 2. The molecule has 1 aromatic heterocycles. The number of H-pyrrole nitrogens is 1. The second kappa shape index (κ2) is 5.45. The first kappa shape index (κ1) is 12.2. The van der Waals surface area contributed by atoms with Crippen LogP contribution in [-0.2, 0) is 4.74 Å². The van der Waals surface area contributed by atoms with E-state index in [0.717, 1.165) is 29.5 Å². The Morgan fingerprint density at radius 3 is 2.68 bits per heavy atom. The second-order valence-electron chi connectivity index (χ2n) is 5.09. The van der Waals surface area contributed by atoms with Crippen LogP contribution in [0.5, 0.6) is 0 Å². The highest BCUT2D eigenvalue weighted by molar-refractivity contribution is 5.62. The third-order valence-corrected chi connectivity index (χ3v) is 3.59. The van der Waals surface area contributed by atoms with Crippen molar-refractivity contribution in [2.24, 2.45) is 5.92 Å². The number of hydrogen-bond acceptors (Lipinski definition) is 3. The maximum Gasteiger partial charge on any atom is 0.0666 e. The van der Waals surface area contributed by atoms with E-state index in [0.29, 0.717) is 6.04 Å². The van der Waals surface area contributed by atoms with Crippen molar-refractivity contribution >= 4 is 5.69 Å². The number of anilines is 1. The maximum atomic E-state index is 5.28. The molecular weight excluding hydrogens is 238 g/mol. The molecule has 0 saturated heterocycles. The van der Waals surface area contributed by atoms with Crippen LogP contribution >= 0.6 is 0 Å². The van der Waals surface area contributed by atoms with Crippen LogP contribution in [0.15, 0.2) is 36.5 Å². The maximum absolute atomic E-state index is 5.28. The Balaban J connectivity index is 1.68. The predicted octanol–water partition coefficient (Wildman–Crippen LogP) is 2.91. The van der Waals surface area contributed by atoms with Crippen LogP contribution in [0.2, 0.25) is 0 Å². The minimum Gasteiger partial charge on any atom is -0.383 e. The van der Waals surface area contributed by atoms with E-state index in [2.05, 4.69) is 39.8 Å². The van der Waals surface area contributed by atoms with Crippen LogP contribution in [-0.4, -0.2) is 30.0 Å². The van der Waals surface area contributed by atoms with Gasteiger partial charge in [0.25, 0.3) is 0 Å². The predicted molar refractivity (Wildman–Crippen MR) is 76.0 cm³/mol. The number of hydrogen-bond donors (Lipinski definition) is 2. The first-order valence-electron chi connectivity index (χ1n) is 6.72. The van der Waals surface area contributed by atoms with Crippen LogP contribution in [0.4, 0.5) is 5.69 Å². The molecule has 3 rings (SSSR count). The third-order valence-electron chi connectivity index (χ3n) is 3.59. The molecule has 0 amide bonds. The molecule has 4 nitrogen and oxygen atoms in total. The third kappa shape index (κ3) is 2.96. The first-order valence-corrected chi connectivity index (χ1v) is 6.72. The standard InChI is InChI=1S/C15H19N3O/c1-19-10-15(12-2-3-12)17-13-6-4-11(5-7-13)14-8-9-16-18-14/h4-9,12,15,17H,2-3,10H2,1H3,(H,16,18). The van der Waals surface area contributed by atoms with Crippen molar-refractivity contribution in [3.05, 3.63) is 36.5 Å². The molecule has 1 unspecified atom stereocenters. The fraction of sp³-hybridized carbons (Fsp3) is 0.400. The Labute approximate surface area is 113 Å². The van der Waals surface area contributed by atoms with E-state index >= 15 is 0 Å². The summed E-state index contributed by atoms with van der Waals surface area (Å²) in [5.41, 5.74) is 3.34. The molecule has 1 saturated carbocycles. The zero-order valence-electron chi connectivity index (χ0n) is 11.1. The summed E-state index contributed by atoms with van der Waals surface area (Å²) in [6.45, 7) is 0.771. The quantitative estimate of drug-likeness (QED) is 0.836. The highest BCUT2D eigenvalue weighted by Gasteiger charge is 2.30. The number of nitrogens with zero attached hydrogens (tertiary/aromatic N) is 1. The van der Waals surface area contributed by atoms with Crippen molar-refractivity contribution in [2.45, 2.75) is 18.9 Å². The van der Waals surface area contributed by atoms with Gasteiger partial charge in [0.05, 0.1) is 18.3 Å². The summed E-state index contributed by atoms with van der Waals surface area (Å²) in [5, 5.41) is 10.5. The number of aromatic nitrogens is 2. The average Bonchev–Trinajstić information content (AvgIpc) is 3.14. The van der Waals surface area contributed by atoms with Crippen molar-refractivity contribution in [2.75, 3.05) is 19.0 Å². The van der Waals surface area contributed by atoms with Crippen molar-refractivity contribution < 1.29 is 4.74 Å². The van der Waals surface area contributed by atoms with Crippen LogP contribution in [0.3, 0.4) is 0 Å². The van der Waals surface area contributed by atoms with Gasteiger partial charge in [-0.25, -0.2) is 0 Å². The van der Waals surface area contributed by atoms with E-state index in [-0.39, 0.29) is 0 Å². The van der Waals surface area contributed by atoms with Gasteiger partial charge in [0, 0.05) is 19.0 Å². The molecule has 1 aliphatic carbocycles. The lowest BCUT2D eigenvalue weighted by Crippen LogP contribution is -2.27. The first-order chi connectivity index (χ1) is 9.36. The molecular formula is C15H19N3O. The minimum atomic E-state index is 0.433. The van der Waals surface area contributed by atoms with Crippen LogP contribution in [0.1, 0.15) is 12.8 Å². The second-order valence-corrected chi connectivity index (χ2v) is 5.09. The van der Waals surface area contributed by atoms with Gasteiger partial charge in [-0.3, -0.25) is 5.10 Å². The molecule has 0 bridgehead atoms. The van der Waals surface area contributed by atoms with Crippen molar-refractivity contribution in [1.29, 1.82) is 0 Å². The van der Waals surface area contributed by atoms with Gasteiger partial charge < -0.3 is 10.1 Å². The number of ether oxygens (including phenoxy) is 1. The molecule has 0 aliphatic heterocycles. The highest BCUT2D eigenvalue weighted by Crippen LogP contribution is 2.34. The Bertz CT molecular complexity index is 503. The molecule has 2 N–H and O–H groups in total. The monoisotopic (exact) mass is 257 g/mol. The topological polar surface area (TPSA) is 49.9 Å². The van der Waals surface area contributed by atoms with Gasteiger partial charge >= 0.3 is 0 Å². The van der Waals surface area contributed by atoms with Gasteiger partial charge in [-0.15, -0.1) is 0 Å². The zero-order chi connectivity index (χ0) is 13.1. The minimum absolute atomic E-state index is 0.433. The Morgan fingerprint density at radius 1 is 1.32 bits per heavy atom. The Kier molecular flexibility index (Phi) is 3.51. The molecule has 0 radical (unpaired) electrons. The summed E-state index contributed by atoms with van der Waals surface area (Å²) in [5.74, 6) is 0.771. The summed E-state index contributed by atoms with van der Waals surface area (Å²) in [7, 11) is 1.76. The Morgan fingerprint density at radius 2 is 2.11 bits per heavy atom. The lowest BCUT2D eigenvalue weighted by Gasteiger charge is -2.18. The van der Waals surface area contributed by atoms with Crippen molar-refractivity contribution in [3.8, 4) is 11.3 Å². The van der Waals surface area contributed by atoms with Crippen LogP contribution in [0.25, 0.3) is 11.3 Å². The van der Waals surface area contributed by atoms with E-state index in [1.165, 1.54) is 12.8 Å². The summed E-state index contributed by atoms with van der Waals surface area (Å²) >= 11 is 0.